The van der Waals surface area contributed by atoms with Crippen molar-refractivity contribution in [3.05, 3.63) is 30.3 Å². The number of hydrogen-bond acceptors (Lipinski definition) is 2. The summed E-state index contributed by atoms with van der Waals surface area (Å²) in [7, 11) is 0. The van der Waals surface area contributed by atoms with Crippen LogP contribution in [0.4, 0.5) is 0 Å². The normalized spacial score (nSPS) is 17.7. The second-order valence-electron chi connectivity index (χ2n) is 3.06. The first kappa shape index (κ1) is 7.96. The first-order valence-electron chi connectivity index (χ1n) is 4.00. The molecule has 0 spiro atoms. The summed E-state index contributed by atoms with van der Waals surface area (Å²) in [6.45, 7) is 0. The topological polar surface area (TPSA) is 34.1 Å². The van der Waals surface area contributed by atoms with Gasteiger partial charge in [-0.25, -0.2) is 0 Å². The summed E-state index contributed by atoms with van der Waals surface area (Å²) in [5.74, 6) is 0. The third-order valence-corrected chi connectivity index (χ3v) is 6.81. The van der Waals surface area contributed by atoms with Gasteiger partial charge in [0.1, 0.15) is 0 Å². The first-order chi connectivity index (χ1) is 5.71. The van der Waals surface area contributed by atoms with E-state index >= 15 is 0 Å². The molecule has 2 rings (SSSR count). The predicted molar refractivity (Wildman–Crippen MR) is 46.2 cm³/mol. The number of hydrogen-bond donors (Lipinski definition) is 0. The Morgan fingerprint density at radius 1 is 1.08 bits per heavy atom. The molecule has 0 aliphatic heterocycles. The average molecular weight is 229 g/mol. The van der Waals surface area contributed by atoms with Gasteiger partial charge in [0, 0.05) is 0 Å². The molecule has 0 unspecified atom stereocenters. The maximum absolute atomic E-state index is 11.7. The molecule has 0 heterocycles. The van der Waals surface area contributed by atoms with Crippen molar-refractivity contribution < 1.29 is 7.67 Å². The van der Waals surface area contributed by atoms with E-state index in [2.05, 4.69) is 0 Å². The van der Waals surface area contributed by atoms with E-state index in [1.165, 1.54) is 0 Å². The van der Waals surface area contributed by atoms with Crippen LogP contribution in [0.5, 0.6) is 0 Å². The van der Waals surface area contributed by atoms with Gasteiger partial charge >= 0.3 is 72.8 Å². The fourth-order valence-electron chi connectivity index (χ4n) is 1.18. The van der Waals surface area contributed by atoms with Crippen molar-refractivity contribution in [3.8, 4) is 0 Å². The third-order valence-electron chi connectivity index (χ3n) is 2.03. The van der Waals surface area contributed by atoms with Crippen molar-refractivity contribution in [2.75, 3.05) is 0 Å². The summed E-state index contributed by atoms with van der Waals surface area (Å²) in [5.41, 5.74) is 0. The standard InChI is InChI=1S/C9H10O2Se/c10-12(11,9-6-7-9)8-4-2-1-3-5-8/h1-5,9H,6-7H2. The van der Waals surface area contributed by atoms with Gasteiger partial charge in [0.25, 0.3) is 0 Å². The summed E-state index contributed by atoms with van der Waals surface area (Å²) in [6, 6.07) is 8.78. The van der Waals surface area contributed by atoms with Crippen LogP contribution in [0.15, 0.2) is 30.3 Å². The third kappa shape index (κ3) is 1.30. The molecule has 0 amide bonds. The van der Waals surface area contributed by atoms with E-state index in [1.54, 1.807) is 24.3 Å². The van der Waals surface area contributed by atoms with Gasteiger partial charge in [-0.15, -0.1) is 0 Å². The summed E-state index contributed by atoms with van der Waals surface area (Å²) < 4.78 is 23.9. The Morgan fingerprint density at radius 3 is 2.17 bits per heavy atom. The van der Waals surface area contributed by atoms with Crippen LogP contribution in [0.1, 0.15) is 12.8 Å². The molecule has 1 aromatic rings. The molecule has 0 bridgehead atoms. The van der Waals surface area contributed by atoms with Crippen LogP contribution in [0, 0.1) is 0 Å². The Labute approximate surface area is 73.2 Å². The van der Waals surface area contributed by atoms with Crippen molar-refractivity contribution in [2.24, 2.45) is 0 Å². The molecule has 64 valence electrons. The SMILES string of the molecule is O=[Se](=O)(c1ccccc1)C1CC1. The molecule has 1 aliphatic carbocycles. The zero-order chi connectivity index (χ0) is 8.60. The molecule has 0 atom stereocenters. The van der Waals surface area contributed by atoms with Crippen molar-refractivity contribution in [3.63, 3.8) is 0 Å². The first-order valence-corrected chi connectivity index (χ1v) is 7.24. The van der Waals surface area contributed by atoms with Crippen LogP contribution in [-0.4, -0.2) is 12.7 Å². The minimum atomic E-state index is -3.73. The fourth-order valence-corrected chi connectivity index (χ4v) is 4.70. The molecule has 0 N–H and O–H groups in total. The van der Waals surface area contributed by atoms with Crippen LogP contribution >= 0.6 is 0 Å². The van der Waals surface area contributed by atoms with Gasteiger partial charge in [0.2, 0.25) is 0 Å². The van der Waals surface area contributed by atoms with Crippen molar-refractivity contribution >= 4 is 17.2 Å². The Bertz CT molecular complexity index is 363. The van der Waals surface area contributed by atoms with Crippen LogP contribution < -0.4 is 4.46 Å². The molecular weight excluding hydrogens is 219 g/mol. The summed E-state index contributed by atoms with van der Waals surface area (Å²) >= 11 is -3.73. The number of rotatable bonds is 2. The molecule has 0 aromatic heterocycles. The van der Waals surface area contributed by atoms with E-state index < -0.39 is 12.7 Å². The molecule has 0 saturated heterocycles. The summed E-state index contributed by atoms with van der Waals surface area (Å²) in [6.07, 6.45) is 1.73. The van der Waals surface area contributed by atoms with E-state index in [4.69, 9.17) is 0 Å². The molecule has 1 aliphatic rings. The van der Waals surface area contributed by atoms with Crippen LogP contribution in [0.2, 0.25) is 4.82 Å². The van der Waals surface area contributed by atoms with Gasteiger partial charge in [-0.3, -0.25) is 0 Å². The Morgan fingerprint density at radius 2 is 1.67 bits per heavy atom. The quantitative estimate of drug-likeness (QED) is 0.717. The van der Waals surface area contributed by atoms with E-state index in [0.29, 0.717) is 4.46 Å². The van der Waals surface area contributed by atoms with Crippen LogP contribution in [0.25, 0.3) is 0 Å². The Kier molecular flexibility index (Phi) is 1.78. The van der Waals surface area contributed by atoms with Gasteiger partial charge < -0.3 is 0 Å². The van der Waals surface area contributed by atoms with Gasteiger partial charge in [0.05, 0.1) is 0 Å². The van der Waals surface area contributed by atoms with E-state index in [0.717, 1.165) is 12.8 Å². The minimum absolute atomic E-state index is 0.0244. The van der Waals surface area contributed by atoms with Crippen molar-refractivity contribution in [1.82, 2.24) is 0 Å². The van der Waals surface area contributed by atoms with E-state index in [1.807, 2.05) is 6.07 Å². The summed E-state index contributed by atoms with van der Waals surface area (Å²) in [5, 5.41) is 0. The fraction of sp³-hybridized carbons (Fsp3) is 0.333. The van der Waals surface area contributed by atoms with Gasteiger partial charge in [-0.05, 0) is 0 Å². The second kappa shape index (κ2) is 2.68. The monoisotopic (exact) mass is 230 g/mol. The molecule has 1 aromatic carbocycles. The van der Waals surface area contributed by atoms with Crippen molar-refractivity contribution in [1.29, 1.82) is 0 Å². The Balaban J connectivity index is 2.42. The summed E-state index contributed by atoms with van der Waals surface area (Å²) in [4.78, 5) is -0.0244. The second-order valence-corrected chi connectivity index (χ2v) is 7.73. The molecule has 1 saturated carbocycles. The van der Waals surface area contributed by atoms with Gasteiger partial charge in [-0.1, -0.05) is 0 Å². The van der Waals surface area contributed by atoms with Crippen molar-refractivity contribution in [2.45, 2.75) is 17.7 Å². The molecule has 1 fully saturated rings. The van der Waals surface area contributed by atoms with Gasteiger partial charge in [-0.2, -0.15) is 0 Å². The van der Waals surface area contributed by atoms with E-state index in [-0.39, 0.29) is 4.82 Å². The molecule has 12 heavy (non-hydrogen) atoms. The van der Waals surface area contributed by atoms with Gasteiger partial charge in [0.15, 0.2) is 0 Å². The zero-order valence-electron chi connectivity index (χ0n) is 6.60. The zero-order valence-corrected chi connectivity index (χ0v) is 8.32. The number of benzene rings is 1. The molecule has 0 radical (unpaired) electrons. The molecule has 2 nitrogen and oxygen atoms in total. The predicted octanol–water partition coefficient (Wildman–Crippen LogP) is 1.36. The average Bonchev–Trinajstić information content (AvgIpc) is 2.88. The van der Waals surface area contributed by atoms with Crippen LogP contribution in [-0.2, 0) is 7.67 Å². The Hall–Kier alpha value is -0.661. The van der Waals surface area contributed by atoms with Crippen LogP contribution in [0.3, 0.4) is 0 Å². The maximum atomic E-state index is 11.7. The molecule has 3 heteroatoms. The van der Waals surface area contributed by atoms with E-state index in [9.17, 15) is 7.67 Å². The molecular formula is C9H10O2Se.